The SMILES string of the molecule is CCc1nc(N2CCc3c(sc4c3C(=O)N(C)CC(=O)N4CC)C2)n(C)n1. The highest BCUT2D eigenvalue weighted by atomic mass is 32.1. The molecule has 0 saturated carbocycles. The molecule has 0 N–H and O–H groups in total. The van der Waals surface area contributed by atoms with Gasteiger partial charge in [-0.05, 0) is 18.9 Å². The molecule has 2 aromatic rings. The van der Waals surface area contributed by atoms with Gasteiger partial charge in [-0.3, -0.25) is 9.59 Å². The molecular weight excluding hydrogens is 364 g/mol. The standard InChI is InChI=1S/C18H24N6O2S/c1-5-13-19-18(22(4)20-13)23-8-7-11-12(9-23)27-17-15(11)16(26)21(3)10-14(25)24(17)6-2/h5-10H2,1-4H3. The molecule has 0 spiro atoms. The molecule has 2 aliphatic heterocycles. The van der Waals surface area contributed by atoms with E-state index in [9.17, 15) is 9.59 Å². The van der Waals surface area contributed by atoms with Crippen LogP contribution in [0.5, 0.6) is 0 Å². The van der Waals surface area contributed by atoms with Crippen molar-refractivity contribution < 1.29 is 9.59 Å². The third kappa shape index (κ3) is 2.80. The molecule has 0 atom stereocenters. The van der Waals surface area contributed by atoms with Gasteiger partial charge in [0, 0.05) is 38.5 Å². The Bertz CT molecular complexity index is 917. The lowest BCUT2D eigenvalue weighted by Gasteiger charge is -2.27. The topological polar surface area (TPSA) is 74.6 Å². The first-order chi connectivity index (χ1) is 12.9. The van der Waals surface area contributed by atoms with Crippen LogP contribution >= 0.6 is 11.3 Å². The molecule has 2 amide bonds. The molecule has 144 valence electrons. The van der Waals surface area contributed by atoms with Gasteiger partial charge in [0.2, 0.25) is 11.9 Å². The summed E-state index contributed by atoms with van der Waals surface area (Å²) in [6.07, 6.45) is 1.56. The summed E-state index contributed by atoms with van der Waals surface area (Å²) in [6.45, 7) is 6.16. The Hall–Kier alpha value is -2.42. The van der Waals surface area contributed by atoms with E-state index in [2.05, 4.69) is 15.0 Å². The Balaban J connectivity index is 1.74. The minimum Gasteiger partial charge on any atom is -0.336 e. The van der Waals surface area contributed by atoms with Crippen LogP contribution in [0.25, 0.3) is 0 Å². The first kappa shape index (κ1) is 18.0. The van der Waals surface area contributed by atoms with Crippen molar-refractivity contribution in [2.45, 2.75) is 33.2 Å². The zero-order chi connectivity index (χ0) is 19.3. The molecule has 2 aliphatic rings. The average Bonchev–Trinajstić information content (AvgIpc) is 3.18. The lowest BCUT2D eigenvalue weighted by molar-refractivity contribution is -0.118. The Kier molecular flexibility index (Phi) is 4.41. The Morgan fingerprint density at radius 1 is 1.15 bits per heavy atom. The van der Waals surface area contributed by atoms with Crippen molar-refractivity contribution in [2.24, 2.45) is 7.05 Å². The van der Waals surface area contributed by atoms with E-state index in [1.54, 1.807) is 23.3 Å². The maximum absolute atomic E-state index is 12.9. The van der Waals surface area contributed by atoms with Gasteiger partial charge in [-0.1, -0.05) is 6.92 Å². The fraction of sp³-hybridized carbons (Fsp3) is 0.556. The summed E-state index contributed by atoms with van der Waals surface area (Å²) in [5.41, 5.74) is 1.81. The summed E-state index contributed by atoms with van der Waals surface area (Å²) in [7, 11) is 3.62. The van der Waals surface area contributed by atoms with Crippen LogP contribution in [0.3, 0.4) is 0 Å². The van der Waals surface area contributed by atoms with Crippen molar-refractivity contribution in [1.29, 1.82) is 0 Å². The molecule has 4 heterocycles. The molecule has 0 unspecified atom stereocenters. The predicted molar refractivity (Wildman–Crippen MR) is 104 cm³/mol. The van der Waals surface area contributed by atoms with Gasteiger partial charge in [0.25, 0.3) is 5.91 Å². The average molecular weight is 388 g/mol. The van der Waals surface area contributed by atoms with Crippen molar-refractivity contribution >= 4 is 34.1 Å². The summed E-state index contributed by atoms with van der Waals surface area (Å²) in [4.78, 5) is 36.8. The Labute approximate surface area is 162 Å². The summed E-state index contributed by atoms with van der Waals surface area (Å²) in [5.74, 6) is 1.61. The number of rotatable bonds is 3. The summed E-state index contributed by atoms with van der Waals surface area (Å²) in [5, 5.41) is 5.25. The normalized spacial score (nSPS) is 17.3. The van der Waals surface area contributed by atoms with Gasteiger partial charge in [-0.15, -0.1) is 11.3 Å². The van der Waals surface area contributed by atoms with E-state index < -0.39 is 0 Å². The molecule has 0 bridgehead atoms. The van der Waals surface area contributed by atoms with Crippen LogP contribution < -0.4 is 9.80 Å². The van der Waals surface area contributed by atoms with Crippen LogP contribution in [0.4, 0.5) is 10.9 Å². The first-order valence-electron chi connectivity index (χ1n) is 9.29. The number of carbonyl (C=O) groups is 2. The highest BCUT2D eigenvalue weighted by Gasteiger charge is 2.36. The van der Waals surface area contributed by atoms with Gasteiger partial charge >= 0.3 is 0 Å². The van der Waals surface area contributed by atoms with E-state index >= 15 is 0 Å². The molecule has 0 aliphatic carbocycles. The van der Waals surface area contributed by atoms with E-state index in [-0.39, 0.29) is 18.4 Å². The largest absolute Gasteiger partial charge is 0.336 e. The monoisotopic (exact) mass is 388 g/mol. The van der Waals surface area contributed by atoms with Crippen LogP contribution in [0.2, 0.25) is 0 Å². The molecule has 8 nitrogen and oxygen atoms in total. The number of fused-ring (bicyclic) bond motifs is 3. The predicted octanol–water partition coefficient (Wildman–Crippen LogP) is 1.44. The smallest absolute Gasteiger partial charge is 0.257 e. The summed E-state index contributed by atoms with van der Waals surface area (Å²) >= 11 is 1.57. The van der Waals surface area contributed by atoms with Gasteiger partial charge in [0.15, 0.2) is 5.82 Å². The molecule has 0 aromatic carbocycles. The number of hydrogen-bond acceptors (Lipinski definition) is 6. The fourth-order valence-corrected chi connectivity index (χ4v) is 5.24. The molecule has 0 saturated heterocycles. The number of thiophene rings is 1. The van der Waals surface area contributed by atoms with Crippen molar-refractivity contribution in [3.63, 3.8) is 0 Å². The maximum atomic E-state index is 12.9. The van der Waals surface area contributed by atoms with Crippen LogP contribution in [0, 0.1) is 0 Å². The van der Waals surface area contributed by atoms with E-state index in [1.807, 2.05) is 25.6 Å². The molecule has 2 aromatic heterocycles. The number of aryl methyl sites for hydroxylation is 2. The summed E-state index contributed by atoms with van der Waals surface area (Å²) in [6, 6.07) is 0. The second kappa shape index (κ2) is 6.63. The fourth-order valence-electron chi connectivity index (χ4n) is 3.81. The van der Waals surface area contributed by atoms with Crippen LogP contribution in [-0.2, 0) is 31.2 Å². The van der Waals surface area contributed by atoms with Gasteiger partial charge < -0.3 is 14.7 Å². The van der Waals surface area contributed by atoms with Crippen molar-refractivity contribution in [3.8, 4) is 0 Å². The van der Waals surface area contributed by atoms with E-state index in [0.717, 1.165) is 52.2 Å². The number of anilines is 2. The van der Waals surface area contributed by atoms with Crippen LogP contribution in [0.1, 0.15) is 40.5 Å². The van der Waals surface area contributed by atoms with Gasteiger partial charge in [0.1, 0.15) is 11.5 Å². The number of amides is 2. The molecular formula is C18H24N6O2S. The van der Waals surface area contributed by atoms with Crippen LogP contribution in [-0.4, -0.2) is 58.2 Å². The second-order valence-electron chi connectivity index (χ2n) is 6.96. The molecule has 0 radical (unpaired) electrons. The Morgan fingerprint density at radius 2 is 1.93 bits per heavy atom. The highest BCUT2D eigenvalue weighted by molar-refractivity contribution is 7.17. The molecule has 0 fully saturated rings. The zero-order valence-corrected chi connectivity index (χ0v) is 17.0. The van der Waals surface area contributed by atoms with E-state index in [1.165, 1.54) is 4.90 Å². The first-order valence-corrected chi connectivity index (χ1v) is 10.1. The quantitative estimate of drug-likeness (QED) is 0.795. The second-order valence-corrected chi connectivity index (χ2v) is 8.04. The van der Waals surface area contributed by atoms with Crippen LogP contribution in [0.15, 0.2) is 0 Å². The molecule has 27 heavy (non-hydrogen) atoms. The van der Waals surface area contributed by atoms with Gasteiger partial charge in [-0.2, -0.15) is 10.1 Å². The summed E-state index contributed by atoms with van der Waals surface area (Å²) < 4.78 is 1.82. The number of hydrogen-bond donors (Lipinski definition) is 0. The Morgan fingerprint density at radius 3 is 2.59 bits per heavy atom. The minimum atomic E-state index is -0.0489. The third-order valence-electron chi connectivity index (χ3n) is 5.22. The maximum Gasteiger partial charge on any atom is 0.257 e. The van der Waals surface area contributed by atoms with Gasteiger partial charge in [0.05, 0.1) is 12.1 Å². The minimum absolute atomic E-state index is 0.0246. The lowest BCUT2D eigenvalue weighted by Crippen LogP contribution is -2.37. The van der Waals surface area contributed by atoms with E-state index in [0.29, 0.717) is 13.1 Å². The zero-order valence-electron chi connectivity index (χ0n) is 16.2. The number of aromatic nitrogens is 3. The molecule has 4 rings (SSSR count). The highest BCUT2D eigenvalue weighted by Crippen LogP contribution is 2.41. The lowest BCUT2D eigenvalue weighted by atomic mass is 10.0. The van der Waals surface area contributed by atoms with Crippen molar-refractivity contribution in [1.82, 2.24) is 19.7 Å². The third-order valence-corrected chi connectivity index (χ3v) is 6.46. The van der Waals surface area contributed by atoms with Crippen molar-refractivity contribution in [2.75, 3.05) is 36.5 Å². The number of likely N-dealkylation sites (N-methyl/N-ethyl adjacent to an activating group) is 2. The number of carbonyl (C=O) groups excluding carboxylic acids is 2. The van der Waals surface area contributed by atoms with Gasteiger partial charge in [-0.25, -0.2) is 4.68 Å². The van der Waals surface area contributed by atoms with E-state index in [4.69, 9.17) is 0 Å². The number of nitrogens with zero attached hydrogens (tertiary/aromatic N) is 6. The molecule has 9 heteroatoms. The van der Waals surface area contributed by atoms with Crippen molar-refractivity contribution in [3.05, 3.63) is 21.8 Å².